The molecule has 106 valence electrons. The van der Waals surface area contributed by atoms with E-state index in [1.54, 1.807) is 6.92 Å². The van der Waals surface area contributed by atoms with Gasteiger partial charge in [-0.05, 0) is 36.9 Å². The number of nitro benzene ring substituents is 1. The molecular weight excluding hydrogens is 262 g/mol. The summed E-state index contributed by atoms with van der Waals surface area (Å²) in [6.45, 7) is 2.53. The monoisotopic (exact) mass is 277 g/mol. The predicted molar refractivity (Wildman–Crippen MR) is 73.4 cm³/mol. The number of hydrogen-bond acceptors (Lipinski definition) is 4. The average Bonchev–Trinajstić information content (AvgIpc) is 2.42. The van der Waals surface area contributed by atoms with Gasteiger partial charge in [0.05, 0.1) is 4.92 Å². The molecule has 0 atom stereocenters. The molecule has 0 unspecified atom stereocenters. The highest BCUT2D eigenvalue weighted by atomic mass is 16.6. The summed E-state index contributed by atoms with van der Waals surface area (Å²) in [5.74, 6) is -0.263. The van der Waals surface area contributed by atoms with E-state index >= 15 is 0 Å². The van der Waals surface area contributed by atoms with E-state index < -0.39 is 4.92 Å². The van der Waals surface area contributed by atoms with Gasteiger partial charge < -0.3 is 5.32 Å². The van der Waals surface area contributed by atoms with Crippen LogP contribution in [0.1, 0.15) is 28.8 Å². The normalized spacial score (nSPS) is 9.65. The quantitative estimate of drug-likeness (QED) is 0.206. The van der Waals surface area contributed by atoms with Gasteiger partial charge in [-0.15, -0.1) is 0 Å². The Labute approximate surface area is 115 Å². The molecule has 0 heterocycles. The molecule has 1 amide bonds. The van der Waals surface area contributed by atoms with Crippen LogP contribution in [0.5, 0.6) is 0 Å². The lowest BCUT2D eigenvalue weighted by Gasteiger charge is -2.07. The van der Waals surface area contributed by atoms with E-state index in [0.717, 1.165) is 0 Å². The van der Waals surface area contributed by atoms with Crippen molar-refractivity contribution in [1.29, 1.82) is 0 Å². The molecule has 0 saturated carbocycles. The molecule has 0 radical (unpaired) electrons. The molecule has 1 N–H and O–H groups in total. The van der Waals surface area contributed by atoms with Crippen LogP contribution in [0.2, 0.25) is 0 Å². The average molecular weight is 277 g/mol. The predicted octanol–water partition coefficient (Wildman–Crippen LogP) is 2.72. The maximum atomic E-state index is 11.9. The van der Waals surface area contributed by atoms with Gasteiger partial charge >= 0.3 is 0 Å². The molecule has 0 aliphatic heterocycles. The van der Waals surface area contributed by atoms with Gasteiger partial charge in [0.15, 0.2) is 0 Å². The van der Waals surface area contributed by atoms with Crippen LogP contribution >= 0.6 is 0 Å². The van der Waals surface area contributed by atoms with E-state index in [2.05, 4.69) is 15.3 Å². The smallest absolute Gasteiger partial charge is 0.269 e. The van der Waals surface area contributed by atoms with Crippen LogP contribution < -0.4 is 5.32 Å². The Morgan fingerprint density at radius 1 is 1.50 bits per heavy atom. The van der Waals surface area contributed by atoms with Gasteiger partial charge in [-0.25, -0.2) is 0 Å². The van der Waals surface area contributed by atoms with Crippen molar-refractivity contribution in [3.05, 3.63) is 49.9 Å². The molecule has 1 rings (SSSR count). The number of amides is 1. The van der Waals surface area contributed by atoms with Gasteiger partial charge in [0.25, 0.3) is 11.6 Å². The first kappa shape index (κ1) is 15.5. The van der Waals surface area contributed by atoms with Crippen molar-refractivity contribution in [3.63, 3.8) is 0 Å². The summed E-state index contributed by atoms with van der Waals surface area (Å²) in [4.78, 5) is 24.6. The Bertz CT molecular complexity index is 552. The fourth-order valence-corrected chi connectivity index (χ4v) is 1.67. The number of nitrogens with one attached hydrogen (secondary N) is 1. The highest BCUT2D eigenvalue weighted by Crippen LogP contribution is 2.16. The minimum Gasteiger partial charge on any atom is -0.352 e. The summed E-state index contributed by atoms with van der Waals surface area (Å²) in [7, 11) is 0. The van der Waals surface area contributed by atoms with E-state index in [0.29, 0.717) is 37.1 Å². The Morgan fingerprint density at radius 3 is 2.85 bits per heavy atom. The van der Waals surface area contributed by atoms with E-state index in [9.17, 15) is 14.9 Å². The third-order valence-electron chi connectivity index (χ3n) is 2.70. The molecule has 8 heteroatoms. The summed E-state index contributed by atoms with van der Waals surface area (Å²) < 4.78 is 0. The number of unbranched alkanes of at least 4 members (excludes halogenated alkanes) is 1. The summed E-state index contributed by atoms with van der Waals surface area (Å²) in [6.07, 6.45) is 1.40. The summed E-state index contributed by atoms with van der Waals surface area (Å²) in [5, 5.41) is 16.7. The highest BCUT2D eigenvalue weighted by molar-refractivity contribution is 5.95. The molecule has 0 spiro atoms. The largest absolute Gasteiger partial charge is 0.352 e. The second kappa shape index (κ2) is 7.75. The molecule has 1 aromatic rings. The van der Waals surface area contributed by atoms with Crippen LogP contribution in [0.3, 0.4) is 0 Å². The number of carbonyl (C=O) groups excluding carboxylic acids is 1. The van der Waals surface area contributed by atoms with Crippen LogP contribution in [0.15, 0.2) is 23.3 Å². The molecule has 0 bridgehead atoms. The SMILES string of the molecule is Cc1cc([N+](=O)[O-])ccc1C(=O)NCCCCN=[N+]=[N-]. The molecule has 0 aliphatic rings. The van der Waals surface area contributed by atoms with Crippen LogP contribution in [-0.4, -0.2) is 23.9 Å². The molecule has 1 aromatic carbocycles. The van der Waals surface area contributed by atoms with E-state index in [1.807, 2.05) is 0 Å². The summed E-state index contributed by atoms with van der Waals surface area (Å²) in [5.41, 5.74) is 9.04. The summed E-state index contributed by atoms with van der Waals surface area (Å²) in [6, 6.07) is 4.13. The van der Waals surface area contributed by atoms with Gasteiger partial charge in [0.2, 0.25) is 0 Å². The topological polar surface area (TPSA) is 121 Å². The molecular formula is C12H15N5O3. The lowest BCUT2D eigenvalue weighted by atomic mass is 10.1. The van der Waals surface area contributed by atoms with Crippen LogP contribution in [0.4, 0.5) is 5.69 Å². The highest BCUT2D eigenvalue weighted by Gasteiger charge is 2.12. The maximum Gasteiger partial charge on any atom is 0.269 e. The number of nitro groups is 1. The number of aryl methyl sites for hydroxylation is 1. The number of hydrogen-bond donors (Lipinski definition) is 1. The first-order valence-corrected chi connectivity index (χ1v) is 6.10. The van der Waals surface area contributed by atoms with Crippen LogP contribution in [0.25, 0.3) is 10.4 Å². The lowest BCUT2D eigenvalue weighted by molar-refractivity contribution is -0.384. The van der Waals surface area contributed by atoms with Crippen molar-refractivity contribution in [2.24, 2.45) is 5.11 Å². The van der Waals surface area contributed by atoms with E-state index in [1.165, 1.54) is 18.2 Å². The minimum absolute atomic E-state index is 0.0339. The van der Waals surface area contributed by atoms with Crippen molar-refractivity contribution in [2.75, 3.05) is 13.1 Å². The van der Waals surface area contributed by atoms with Crippen molar-refractivity contribution in [2.45, 2.75) is 19.8 Å². The number of benzene rings is 1. The van der Waals surface area contributed by atoms with Crippen molar-refractivity contribution >= 4 is 11.6 Å². The summed E-state index contributed by atoms with van der Waals surface area (Å²) >= 11 is 0. The van der Waals surface area contributed by atoms with Crippen LogP contribution in [0, 0.1) is 17.0 Å². The van der Waals surface area contributed by atoms with Gasteiger partial charge in [0, 0.05) is 35.7 Å². The fraction of sp³-hybridized carbons (Fsp3) is 0.417. The van der Waals surface area contributed by atoms with Crippen molar-refractivity contribution < 1.29 is 9.72 Å². The number of carbonyl (C=O) groups is 1. The number of rotatable bonds is 7. The first-order valence-electron chi connectivity index (χ1n) is 6.10. The molecule has 0 aliphatic carbocycles. The first-order chi connectivity index (χ1) is 9.56. The zero-order valence-electron chi connectivity index (χ0n) is 11.1. The third kappa shape index (κ3) is 4.58. The minimum atomic E-state index is -0.496. The second-order valence-electron chi connectivity index (χ2n) is 4.17. The van der Waals surface area contributed by atoms with Crippen molar-refractivity contribution in [1.82, 2.24) is 5.32 Å². The fourth-order valence-electron chi connectivity index (χ4n) is 1.67. The maximum absolute atomic E-state index is 11.9. The standard InChI is InChI=1S/C12H15N5O3/c1-9-8-10(17(19)20)4-5-11(9)12(18)14-6-2-3-7-15-16-13/h4-5,8H,2-3,6-7H2,1H3,(H,14,18). The molecule has 0 fully saturated rings. The van der Waals surface area contributed by atoms with Gasteiger partial charge in [-0.3, -0.25) is 14.9 Å². The lowest BCUT2D eigenvalue weighted by Crippen LogP contribution is -2.25. The second-order valence-corrected chi connectivity index (χ2v) is 4.17. The number of nitrogens with zero attached hydrogens (tertiary/aromatic N) is 4. The number of azide groups is 1. The van der Waals surface area contributed by atoms with Crippen molar-refractivity contribution in [3.8, 4) is 0 Å². The Hall–Kier alpha value is -2.60. The zero-order valence-corrected chi connectivity index (χ0v) is 11.1. The Morgan fingerprint density at radius 2 is 2.25 bits per heavy atom. The van der Waals surface area contributed by atoms with Gasteiger partial charge in [-0.1, -0.05) is 5.11 Å². The Balaban J connectivity index is 2.51. The number of non-ortho nitro benzene ring substituents is 1. The molecule has 0 saturated heterocycles. The van der Waals surface area contributed by atoms with E-state index in [-0.39, 0.29) is 11.6 Å². The third-order valence-corrected chi connectivity index (χ3v) is 2.70. The van der Waals surface area contributed by atoms with Gasteiger partial charge in [0.1, 0.15) is 0 Å². The zero-order chi connectivity index (χ0) is 15.0. The van der Waals surface area contributed by atoms with E-state index in [4.69, 9.17) is 5.53 Å². The molecule has 20 heavy (non-hydrogen) atoms. The Kier molecular flexibility index (Phi) is 5.99. The van der Waals surface area contributed by atoms with Gasteiger partial charge in [-0.2, -0.15) is 0 Å². The van der Waals surface area contributed by atoms with Crippen LogP contribution in [-0.2, 0) is 0 Å². The molecule has 0 aromatic heterocycles. The molecule has 8 nitrogen and oxygen atoms in total.